The lowest BCUT2D eigenvalue weighted by Crippen LogP contribution is -2.54. The van der Waals surface area contributed by atoms with Crippen LogP contribution in [0.2, 0.25) is 5.02 Å². The van der Waals surface area contributed by atoms with Gasteiger partial charge in [-0.25, -0.2) is 4.79 Å². The van der Waals surface area contributed by atoms with Crippen molar-refractivity contribution in [2.75, 3.05) is 0 Å². The quantitative estimate of drug-likeness (QED) is 0.195. The minimum atomic E-state index is -0.669. The molecule has 4 saturated carbocycles. The van der Waals surface area contributed by atoms with Crippen LogP contribution in [-0.4, -0.2) is 27.4 Å². The Bertz CT molecular complexity index is 1730. The maximum Gasteiger partial charge on any atom is 0.329 e. The highest BCUT2D eigenvalue weighted by molar-refractivity contribution is 6.31. The van der Waals surface area contributed by atoms with Crippen molar-refractivity contribution in [3.63, 3.8) is 0 Å². The summed E-state index contributed by atoms with van der Waals surface area (Å²) >= 11 is 6.75. The van der Waals surface area contributed by atoms with Gasteiger partial charge in [-0.3, -0.25) is 4.79 Å². The first-order chi connectivity index (χ1) is 21.9. The maximum absolute atomic E-state index is 14.0. The van der Waals surface area contributed by atoms with Gasteiger partial charge in [0.05, 0.1) is 6.04 Å². The van der Waals surface area contributed by atoms with Crippen LogP contribution in [-0.2, 0) is 33.9 Å². The van der Waals surface area contributed by atoms with Gasteiger partial charge in [-0.1, -0.05) is 78.3 Å². The summed E-state index contributed by atoms with van der Waals surface area (Å²) in [5.74, 6) is 2.01. The second-order valence-corrected chi connectivity index (χ2v) is 14.8. The van der Waals surface area contributed by atoms with Crippen LogP contribution in [0.25, 0.3) is 10.9 Å². The minimum absolute atomic E-state index is 0.0633. The summed E-state index contributed by atoms with van der Waals surface area (Å²) in [7, 11) is 0. The first-order valence-corrected chi connectivity index (χ1v) is 17.1. The van der Waals surface area contributed by atoms with E-state index in [9.17, 15) is 9.59 Å². The molecule has 4 aromatic rings. The van der Waals surface area contributed by atoms with Gasteiger partial charge in [-0.05, 0) is 96.9 Å². The van der Waals surface area contributed by atoms with Crippen molar-refractivity contribution in [1.29, 1.82) is 0 Å². The standard InChI is InChI=1S/C39H41ClN2O3/c1-25(43)42-35(38(44)45-24-26-9-3-2-4-10-26)18-32-31-12-6-8-14-34(31)41(23-30-11-5-7-13-33(30)40)37(32)36(42)22-39-19-27-15-28(20-39)17-29(16-27)21-39/h2-14,27-29,35-36H,15-24H2,1H3/t27?,28?,29?,35-,36+,39?/m0/s1. The molecule has 5 aliphatic rings. The molecule has 6 heteroatoms. The number of hydrogen-bond acceptors (Lipinski definition) is 3. The molecule has 4 aliphatic carbocycles. The van der Waals surface area contributed by atoms with Crippen LogP contribution in [0.3, 0.4) is 0 Å². The van der Waals surface area contributed by atoms with E-state index in [1.54, 1.807) is 6.92 Å². The Kier molecular flexibility index (Phi) is 7.28. The molecule has 0 radical (unpaired) electrons. The Morgan fingerprint density at radius 2 is 1.51 bits per heavy atom. The molecule has 2 heterocycles. The van der Waals surface area contributed by atoms with Crippen molar-refractivity contribution in [2.45, 2.75) is 83.5 Å². The summed E-state index contributed by atoms with van der Waals surface area (Å²) in [5, 5.41) is 1.89. The Morgan fingerprint density at radius 3 is 2.20 bits per heavy atom. The summed E-state index contributed by atoms with van der Waals surface area (Å²) in [6, 6.07) is 25.5. The number of carbonyl (C=O) groups excluding carboxylic acids is 2. The number of fused-ring (bicyclic) bond motifs is 3. The van der Waals surface area contributed by atoms with Gasteiger partial charge in [-0.2, -0.15) is 0 Å². The number of esters is 1. The number of nitrogens with zero attached hydrogens (tertiary/aromatic N) is 2. The molecule has 0 saturated heterocycles. The lowest BCUT2D eigenvalue weighted by molar-refractivity contribution is -0.160. The Labute approximate surface area is 270 Å². The van der Waals surface area contributed by atoms with Crippen molar-refractivity contribution >= 4 is 34.4 Å². The van der Waals surface area contributed by atoms with Crippen LogP contribution in [0.5, 0.6) is 0 Å². The van der Waals surface area contributed by atoms with Gasteiger partial charge in [0, 0.05) is 41.5 Å². The van der Waals surface area contributed by atoms with Gasteiger partial charge in [0.2, 0.25) is 5.91 Å². The van der Waals surface area contributed by atoms with Gasteiger partial charge in [0.25, 0.3) is 0 Å². The molecular weight excluding hydrogens is 580 g/mol. The summed E-state index contributed by atoms with van der Waals surface area (Å²) in [6.07, 6.45) is 9.16. The largest absolute Gasteiger partial charge is 0.459 e. The van der Waals surface area contributed by atoms with Crippen molar-refractivity contribution in [1.82, 2.24) is 9.47 Å². The zero-order valence-electron chi connectivity index (χ0n) is 26.0. The van der Waals surface area contributed by atoms with Crippen LogP contribution in [0.4, 0.5) is 0 Å². The molecule has 9 rings (SSSR count). The Balaban J connectivity index is 1.25. The Morgan fingerprint density at radius 1 is 0.867 bits per heavy atom. The number of rotatable bonds is 7. The molecule has 45 heavy (non-hydrogen) atoms. The molecule has 5 nitrogen and oxygen atoms in total. The van der Waals surface area contributed by atoms with E-state index in [4.69, 9.17) is 16.3 Å². The predicted molar refractivity (Wildman–Crippen MR) is 177 cm³/mol. The molecule has 0 N–H and O–H groups in total. The molecule has 1 aliphatic heterocycles. The third-order valence-corrected chi connectivity index (χ3v) is 11.8. The number of benzene rings is 3. The van der Waals surface area contributed by atoms with E-state index in [2.05, 4.69) is 34.9 Å². The number of halogens is 1. The fraction of sp³-hybridized carbons (Fsp3) is 0.436. The third kappa shape index (κ3) is 5.17. The summed E-state index contributed by atoms with van der Waals surface area (Å²) in [5.41, 5.74) is 5.67. The molecule has 0 unspecified atom stereocenters. The summed E-state index contributed by atoms with van der Waals surface area (Å²) < 4.78 is 8.38. The number of amides is 1. The van der Waals surface area contributed by atoms with Crippen molar-refractivity contribution in [3.8, 4) is 0 Å². The predicted octanol–water partition coefficient (Wildman–Crippen LogP) is 8.51. The van der Waals surface area contributed by atoms with Crippen molar-refractivity contribution in [2.24, 2.45) is 23.2 Å². The minimum Gasteiger partial charge on any atom is -0.459 e. The van der Waals surface area contributed by atoms with E-state index in [-0.39, 0.29) is 29.9 Å². The van der Waals surface area contributed by atoms with Gasteiger partial charge in [-0.15, -0.1) is 0 Å². The van der Waals surface area contributed by atoms with Gasteiger partial charge in [0.1, 0.15) is 12.6 Å². The second kappa shape index (κ2) is 11.3. The van der Waals surface area contributed by atoms with E-state index in [1.807, 2.05) is 53.4 Å². The van der Waals surface area contributed by atoms with Crippen molar-refractivity contribution < 1.29 is 14.3 Å². The molecule has 4 bridgehead atoms. The van der Waals surface area contributed by atoms with Crippen molar-refractivity contribution in [3.05, 3.63) is 106 Å². The highest BCUT2D eigenvalue weighted by Crippen LogP contribution is 2.63. The summed E-state index contributed by atoms with van der Waals surface area (Å²) in [6.45, 7) is 2.45. The molecule has 3 aromatic carbocycles. The smallest absolute Gasteiger partial charge is 0.329 e. The average Bonchev–Trinajstić information content (AvgIpc) is 3.33. The normalized spacial score (nSPS) is 28.3. The van der Waals surface area contributed by atoms with E-state index >= 15 is 0 Å². The van der Waals surface area contributed by atoms with Crippen LogP contribution in [0.15, 0.2) is 78.9 Å². The topological polar surface area (TPSA) is 51.5 Å². The second-order valence-electron chi connectivity index (χ2n) is 14.4. The molecule has 232 valence electrons. The zero-order valence-corrected chi connectivity index (χ0v) is 26.7. The third-order valence-electron chi connectivity index (χ3n) is 11.4. The summed E-state index contributed by atoms with van der Waals surface area (Å²) in [4.78, 5) is 29.8. The van der Waals surface area contributed by atoms with Crippen LogP contribution in [0.1, 0.15) is 80.3 Å². The molecule has 4 fully saturated rings. The fourth-order valence-electron chi connectivity index (χ4n) is 10.2. The van der Waals surface area contributed by atoms with Gasteiger partial charge >= 0.3 is 5.97 Å². The first kappa shape index (κ1) is 28.9. The number of carbonyl (C=O) groups is 2. The molecule has 0 spiro atoms. The highest BCUT2D eigenvalue weighted by Gasteiger charge is 2.54. The van der Waals surface area contributed by atoms with Crippen LogP contribution < -0.4 is 0 Å². The van der Waals surface area contributed by atoms with Crippen LogP contribution >= 0.6 is 11.6 Å². The average molecular weight is 621 g/mol. The number of aromatic nitrogens is 1. The lowest BCUT2D eigenvalue weighted by Gasteiger charge is -2.58. The fourth-order valence-corrected chi connectivity index (χ4v) is 10.4. The molecule has 2 atom stereocenters. The maximum atomic E-state index is 14.0. The van der Waals surface area contributed by atoms with E-state index < -0.39 is 6.04 Å². The van der Waals surface area contributed by atoms with E-state index in [1.165, 1.54) is 49.8 Å². The highest BCUT2D eigenvalue weighted by atomic mass is 35.5. The number of para-hydroxylation sites is 1. The van der Waals surface area contributed by atoms with Gasteiger partial charge < -0.3 is 14.2 Å². The number of ether oxygens (including phenoxy) is 1. The zero-order chi connectivity index (χ0) is 30.7. The molecule has 1 amide bonds. The monoisotopic (exact) mass is 620 g/mol. The van der Waals surface area contributed by atoms with E-state index in [0.717, 1.165) is 51.2 Å². The molecule has 1 aromatic heterocycles. The molecular formula is C39H41ClN2O3. The number of hydrogen-bond donors (Lipinski definition) is 0. The SMILES string of the molecule is CC(=O)N1[C@H](CC23CC4CC(CC(C4)C2)C3)c2c(c3ccccc3n2Cc2ccccc2Cl)C[C@H]1C(=O)OCc1ccccc1. The Hall–Kier alpha value is -3.57. The first-order valence-electron chi connectivity index (χ1n) is 16.7. The lowest BCUT2D eigenvalue weighted by atomic mass is 9.48. The van der Waals surface area contributed by atoms with Gasteiger partial charge in [0.15, 0.2) is 0 Å². The van der Waals surface area contributed by atoms with Crippen LogP contribution in [0, 0.1) is 23.2 Å². The van der Waals surface area contributed by atoms with E-state index in [0.29, 0.717) is 13.0 Å².